The van der Waals surface area contributed by atoms with Gasteiger partial charge in [-0.1, -0.05) is 17.0 Å². The zero-order valence-corrected chi connectivity index (χ0v) is 17.0. The topological polar surface area (TPSA) is 168 Å². The third-order valence-electron chi connectivity index (χ3n) is 4.01. The molecule has 164 valence electrons. The average molecular weight is 461 g/mol. The lowest BCUT2D eigenvalue weighted by atomic mass is 10.2. The van der Waals surface area contributed by atoms with Crippen molar-refractivity contribution in [2.75, 3.05) is 5.73 Å². The highest BCUT2D eigenvalue weighted by Crippen LogP contribution is 2.24. The van der Waals surface area contributed by atoms with Gasteiger partial charge in [0.15, 0.2) is 10.9 Å². The van der Waals surface area contributed by atoms with Crippen molar-refractivity contribution in [1.29, 1.82) is 0 Å². The van der Waals surface area contributed by atoms with E-state index < -0.39 is 17.5 Å². The molecule has 4 aromatic rings. The Morgan fingerprint density at radius 1 is 1.34 bits per heavy atom. The van der Waals surface area contributed by atoms with Crippen LogP contribution in [0.5, 0.6) is 0 Å². The highest BCUT2D eigenvalue weighted by atomic mass is 32.2. The molecule has 0 aliphatic heterocycles. The number of hydrogen-bond acceptors (Lipinski definition) is 11. The molecule has 0 spiro atoms. The molecule has 3 N–H and O–H groups in total. The van der Waals surface area contributed by atoms with Crippen molar-refractivity contribution in [3.63, 3.8) is 0 Å². The number of aromatic nitrogens is 8. The molecule has 0 unspecified atom stereocenters. The van der Waals surface area contributed by atoms with E-state index >= 15 is 0 Å². The van der Waals surface area contributed by atoms with Crippen molar-refractivity contribution < 1.29 is 18.2 Å². The fraction of sp³-hybridized carbons (Fsp3) is 0.125. The summed E-state index contributed by atoms with van der Waals surface area (Å²) in [6, 6.07) is 2.85. The summed E-state index contributed by atoms with van der Waals surface area (Å²) in [4.78, 5) is 12.7. The predicted molar refractivity (Wildman–Crippen MR) is 106 cm³/mol. The molecule has 32 heavy (non-hydrogen) atoms. The molecule has 3 heterocycles. The standard InChI is InChI=1S/C16H13F2N11O2S/c1-28-7-21-24-16(28)32-6-11-12(22-27-29(11)14-13(19)25-31-26-14)15(30)23-20-5-8-4-9(17)2-3-10(8)18/h2-5,7H,6H2,1H3,(H2,19,25)(H,23,30)/b20-5-. The summed E-state index contributed by atoms with van der Waals surface area (Å²) in [7, 11) is 1.76. The van der Waals surface area contributed by atoms with Crippen LogP contribution in [-0.2, 0) is 12.8 Å². The molecule has 0 saturated heterocycles. The summed E-state index contributed by atoms with van der Waals surface area (Å²) >= 11 is 1.24. The zero-order chi connectivity index (χ0) is 22.7. The van der Waals surface area contributed by atoms with Gasteiger partial charge in [-0.3, -0.25) is 4.79 Å². The molecule has 0 atom stereocenters. The quantitative estimate of drug-likeness (QED) is 0.227. The average Bonchev–Trinajstić information content (AvgIpc) is 3.48. The zero-order valence-electron chi connectivity index (χ0n) is 16.2. The van der Waals surface area contributed by atoms with Gasteiger partial charge < -0.3 is 10.3 Å². The number of nitrogens with two attached hydrogens (primary N) is 1. The number of amides is 1. The first-order valence-corrected chi connectivity index (χ1v) is 9.71. The smallest absolute Gasteiger partial charge is 0.293 e. The first-order valence-electron chi connectivity index (χ1n) is 8.72. The van der Waals surface area contributed by atoms with Gasteiger partial charge in [-0.15, -0.1) is 15.3 Å². The van der Waals surface area contributed by atoms with Crippen LogP contribution in [0.15, 0.2) is 39.4 Å². The Morgan fingerprint density at radius 2 is 2.19 bits per heavy atom. The van der Waals surface area contributed by atoms with Crippen LogP contribution >= 0.6 is 11.8 Å². The number of benzene rings is 1. The van der Waals surface area contributed by atoms with E-state index in [9.17, 15) is 13.6 Å². The van der Waals surface area contributed by atoms with Gasteiger partial charge >= 0.3 is 0 Å². The second-order valence-electron chi connectivity index (χ2n) is 6.15. The second-order valence-corrected chi connectivity index (χ2v) is 7.09. The third kappa shape index (κ3) is 4.29. The predicted octanol–water partition coefficient (Wildman–Crippen LogP) is 0.695. The van der Waals surface area contributed by atoms with Gasteiger partial charge in [0, 0.05) is 18.4 Å². The number of rotatable bonds is 7. The van der Waals surface area contributed by atoms with Crippen LogP contribution in [0, 0.1) is 11.6 Å². The first-order chi connectivity index (χ1) is 15.4. The number of thioether (sulfide) groups is 1. The van der Waals surface area contributed by atoms with Gasteiger partial charge in [-0.05, 0) is 28.5 Å². The largest absolute Gasteiger partial charge is 0.378 e. The van der Waals surface area contributed by atoms with E-state index in [1.807, 2.05) is 0 Å². The number of aryl methyl sites for hydroxylation is 1. The summed E-state index contributed by atoms with van der Waals surface area (Å²) < 4.78 is 34.4. The molecule has 4 rings (SSSR count). The number of halogens is 2. The molecule has 3 aromatic heterocycles. The Labute approximate surface area is 181 Å². The van der Waals surface area contributed by atoms with E-state index in [1.54, 1.807) is 11.6 Å². The lowest BCUT2D eigenvalue weighted by Gasteiger charge is -2.05. The van der Waals surface area contributed by atoms with Crippen LogP contribution in [0.4, 0.5) is 14.6 Å². The molecule has 13 nitrogen and oxygen atoms in total. The Morgan fingerprint density at radius 3 is 2.91 bits per heavy atom. The van der Waals surface area contributed by atoms with Crippen LogP contribution in [0.3, 0.4) is 0 Å². The maximum absolute atomic E-state index is 13.7. The molecular weight excluding hydrogens is 448 g/mol. The van der Waals surface area contributed by atoms with E-state index in [4.69, 9.17) is 5.73 Å². The number of carbonyl (C=O) groups excluding carboxylic acids is 1. The number of anilines is 1. The van der Waals surface area contributed by atoms with Crippen molar-refractivity contribution in [3.05, 3.63) is 53.1 Å². The summed E-state index contributed by atoms with van der Waals surface area (Å²) in [6.07, 6.45) is 2.49. The normalized spacial score (nSPS) is 11.3. The molecule has 1 aromatic carbocycles. The van der Waals surface area contributed by atoms with E-state index in [2.05, 4.69) is 46.0 Å². The Hall–Kier alpha value is -4.21. The van der Waals surface area contributed by atoms with Crippen molar-refractivity contribution in [1.82, 2.24) is 45.5 Å². The minimum atomic E-state index is -0.757. The van der Waals surface area contributed by atoms with Gasteiger partial charge in [0.25, 0.3) is 5.91 Å². The van der Waals surface area contributed by atoms with Crippen LogP contribution in [0.2, 0.25) is 0 Å². The van der Waals surface area contributed by atoms with E-state index in [0.717, 1.165) is 24.4 Å². The highest BCUT2D eigenvalue weighted by molar-refractivity contribution is 7.98. The molecule has 0 aliphatic rings. The fourth-order valence-corrected chi connectivity index (χ4v) is 3.36. The Kier molecular flexibility index (Phi) is 5.84. The van der Waals surface area contributed by atoms with Gasteiger partial charge in [0.1, 0.15) is 18.0 Å². The first kappa shape index (κ1) is 21.0. The second kappa shape index (κ2) is 8.88. The number of carbonyl (C=O) groups is 1. The van der Waals surface area contributed by atoms with Gasteiger partial charge in [-0.2, -0.15) is 9.78 Å². The summed E-state index contributed by atoms with van der Waals surface area (Å²) in [5, 5.41) is 26.9. The molecule has 0 aliphatic carbocycles. The maximum atomic E-state index is 13.7. The fourth-order valence-electron chi connectivity index (χ4n) is 2.48. The molecule has 16 heteroatoms. The van der Waals surface area contributed by atoms with Crippen molar-refractivity contribution in [2.45, 2.75) is 10.9 Å². The van der Waals surface area contributed by atoms with Gasteiger partial charge in [-0.25, -0.2) is 18.8 Å². The van der Waals surface area contributed by atoms with Gasteiger partial charge in [0.05, 0.1) is 11.9 Å². The molecular formula is C16H13F2N11O2S. The molecule has 1 amide bonds. The number of nitrogens with one attached hydrogen (secondary N) is 1. The van der Waals surface area contributed by atoms with E-state index in [0.29, 0.717) is 5.16 Å². The molecule has 0 fully saturated rings. The number of hydrazone groups is 1. The Bertz CT molecular complexity index is 1300. The lowest BCUT2D eigenvalue weighted by molar-refractivity contribution is 0.0949. The van der Waals surface area contributed by atoms with Crippen LogP contribution in [-0.4, -0.2) is 52.2 Å². The minimum Gasteiger partial charge on any atom is -0.378 e. The minimum absolute atomic E-state index is 0.0375. The molecule has 0 bridgehead atoms. The van der Waals surface area contributed by atoms with Crippen LogP contribution in [0.25, 0.3) is 5.82 Å². The Balaban J connectivity index is 1.59. The number of nitrogens with zero attached hydrogens (tertiary/aromatic N) is 9. The van der Waals surface area contributed by atoms with E-state index in [1.165, 1.54) is 22.8 Å². The van der Waals surface area contributed by atoms with Gasteiger partial charge in [0.2, 0.25) is 11.6 Å². The van der Waals surface area contributed by atoms with Crippen molar-refractivity contribution in [3.8, 4) is 5.82 Å². The summed E-state index contributed by atoms with van der Waals surface area (Å²) in [5.41, 5.74) is 7.96. The summed E-state index contributed by atoms with van der Waals surface area (Å²) in [6.45, 7) is 0. The monoisotopic (exact) mass is 461 g/mol. The SMILES string of the molecule is Cn1cnnc1SCc1c(C(=O)N/N=C\c2cc(F)ccc2F)nnn1-c1nonc1N. The lowest BCUT2D eigenvalue weighted by Crippen LogP contribution is -2.20. The van der Waals surface area contributed by atoms with Crippen molar-refractivity contribution in [2.24, 2.45) is 12.1 Å². The maximum Gasteiger partial charge on any atom is 0.293 e. The van der Waals surface area contributed by atoms with Crippen LogP contribution in [0.1, 0.15) is 21.7 Å². The molecule has 0 radical (unpaired) electrons. The van der Waals surface area contributed by atoms with E-state index in [-0.39, 0.29) is 34.3 Å². The molecule has 0 saturated carbocycles. The van der Waals surface area contributed by atoms with Crippen LogP contribution < -0.4 is 11.2 Å². The summed E-state index contributed by atoms with van der Waals surface area (Å²) in [5.74, 6) is -1.97. The van der Waals surface area contributed by atoms with Crippen molar-refractivity contribution >= 4 is 29.7 Å². The third-order valence-corrected chi connectivity index (χ3v) is 5.06. The number of hydrogen-bond donors (Lipinski definition) is 2. The number of nitrogen functional groups attached to an aromatic ring is 1. The highest BCUT2D eigenvalue weighted by Gasteiger charge is 2.24.